The van der Waals surface area contributed by atoms with Crippen LogP contribution in [0.15, 0.2) is 77.7 Å². The van der Waals surface area contributed by atoms with Gasteiger partial charge in [-0.15, -0.1) is 0 Å². The molecule has 1 aromatic heterocycles. The van der Waals surface area contributed by atoms with Crippen molar-refractivity contribution in [3.05, 3.63) is 90.0 Å². The van der Waals surface area contributed by atoms with Crippen LogP contribution in [0.1, 0.15) is 23.7 Å². The first-order valence-corrected chi connectivity index (χ1v) is 10.7. The summed E-state index contributed by atoms with van der Waals surface area (Å²) in [5.74, 6) is -1.88. The Bertz CT molecular complexity index is 1360. The van der Waals surface area contributed by atoms with Crippen LogP contribution in [0, 0.1) is 11.6 Å². The highest BCUT2D eigenvalue weighted by Gasteiger charge is 2.27. The van der Waals surface area contributed by atoms with E-state index in [-0.39, 0.29) is 28.3 Å². The van der Waals surface area contributed by atoms with Crippen molar-refractivity contribution in [2.75, 3.05) is 0 Å². The molecule has 0 radical (unpaired) electrons. The van der Waals surface area contributed by atoms with Crippen molar-refractivity contribution in [2.45, 2.75) is 18.2 Å². The van der Waals surface area contributed by atoms with Gasteiger partial charge in [0.15, 0.2) is 5.78 Å². The SMILES string of the molecule is CCC(=O)c1ccc2c(c1)cc(-c1c(F)cccc1F)n2S(=O)(=O)c1ccccc1. The number of hydrogen-bond acceptors (Lipinski definition) is 3. The molecular formula is C23H17F2NO3S. The van der Waals surface area contributed by atoms with E-state index < -0.39 is 27.2 Å². The lowest BCUT2D eigenvalue weighted by Crippen LogP contribution is -2.14. The van der Waals surface area contributed by atoms with Crippen LogP contribution < -0.4 is 0 Å². The van der Waals surface area contributed by atoms with Crippen LogP contribution >= 0.6 is 0 Å². The maximum atomic E-state index is 14.6. The lowest BCUT2D eigenvalue weighted by Gasteiger charge is -2.13. The monoisotopic (exact) mass is 425 g/mol. The minimum atomic E-state index is -4.17. The van der Waals surface area contributed by atoms with Gasteiger partial charge in [0, 0.05) is 17.4 Å². The molecule has 0 N–H and O–H groups in total. The minimum Gasteiger partial charge on any atom is -0.294 e. The molecular weight excluding hydrogens is 408 g/mol. The van der Waals surface area contributed by atoms with Gasteiger partial charge in [-0.3, -0.25) is 4.79 Å². The van der Waals surface area contributed by atoms with E-state index in [9.17, 15) is 22.0 Å². The van der Waals surface area contributed by atoms with Crippen LogP contribution in [0.2, 0.25) is 0 Å². The Balaban J connectivity index is 2.10. The van der Waals surface area contributed by atoms with Gasteiger partial charge in [-0.05, 0) is 48.5 Å². The summed E-state index contributed by atoms with van der Waals surface area (Å²) in [4.78, 5) is 12.1. The number of hydrogen-bond donors (Lipinski definition) is 0. The highest BCUT2D eigenvalue weighted by molar-refractivity contribution is 7.90. The van der Waals surface area contributed by atoms with E-state index in [0.29, 0.717) is 10.9 Å². The molecule has 3 aromatic carbocycles. The molecule has 0 saturated carbocycles. The number of Topliss-reactive ketones (excluding diaryl/α,β-unsaturated/α-hetero) is 1. The number of carbonyl (C=O) groups is 1. The summed E-state index contributed by atoms with van der Waals surface area (Å²) < 4.78 is 57.0. The molecule has 0 unspecified atom stereocenters. The Morgan fingerprint density at radius 1 is 0.900 bits per heavy atom. The Labute approximate surface area is 172 Å². The van der Waals surface area contributed by atoms with Crippen LogP contribution in [0.5, 0.6) is 0 Å². The smallest absolute Gasteiger partial charge is 0.268 e. The van der Waals surface area contributed by atoms with E-state index in [0.717, 1.165) is 16.1 Å². The first kappa shape index (κ1) is 20.0. The first-order chi connectivity index (χ1) is 14.3. The second kappa shape index (κ2) is 7.50. The minimum absolute atomic E-state index is 0.0193. The Hall–Kier alpha value is -3.32. The number of ketones is 1. The maximum Gasteiger partial charge on any atom is 0.268 e. The van der Waals surface area contributed by atoms with Gasteiger partial charge in [-0.2, -0.15) is 0 Å². The van der Waals surface area contributed by atoms with Crippen LogP contribution in [0.25, 0.3) is 22.2 Å². The second-order valence-electron chi connectivity index (χ2n) is 6.76. The predicted octanol–water partition coefficient (Wildman–Crippen LogP) is 5.42. The molecule has 4 aromatic rings. The van der Waals surface area contributed by atoms with E-state index in [1.165, 1.54) is 36.4 Å². The van der Waals surface area contributed by atoms with Crippen molar-refractivity contribution in [3.8, 4) is 11.3 Å². The lowest BCUT2D eigenvalue weighted by molar-refractivity contribution is 0.0988. The van der Waals surface area contributed by atoms with Crippen LogP contribution in [0.4, 0.5) is 8.78 Å². The number of nitrogens with zero attached hydrogens (tertiary/aromatic N) is 1. The molecule has 0 amide bonds. The van der Waals surface area contributed by atoms with Gasteiger partial charge in [0.1, 0.15) is 11.6 Å². The highest BCUT2D eigenvalue weighted by Crippen LogP contribution is 2.35. The van der Waals surface area contributed by atoms with Crippen molar-refractivity contribution in [2.24, 2.45) is 0 Å². The first-order valence-electron chi connectivity index (χ1n) is 9.28. The topological polar surface area (TPSA) is 56.1 Å². The van der Waals surface area contributed by atoms with Crippen molar-refractivity contribution < 1.29 is 22.0 Å². The lowest BCUT2D eigenvalue weighted by atomic mass is 10.1. The molecule has 4 nitrogen and oxygen atoms in total. The number of halogens is 2. The molecule has 0 aliphatic rings. The number of fused-ring (bicyclic) bond motifs is 1. The Morgan fingerprint density at radius 2 is 1.57 bits per heavy atom. The van der Waals surface area contributed by atoms with Crippen LogP contribution in [0.3, 0.4) is 0 Å². The third-order valence-electron chi connectivity index (χ3n) is 4.90. The van der Waals surface area contributed by atoms with Gasteiger partial charge in [-0.1, -0.05) is 31.2 Å². The maximum absolute atomic E-state index is 14.6. The number of rotatable bonds is 5. The average Bonchev–Trinajstić information content (AvgIpc) is 3.12. The Kier molecular flexibility index (Phi) is 4.99. The standard InChI is InChI=1S/C23H17F2NO3S/c1-2-22(27)15-11-12-20-16(13-15)14-21(23-18(24)9-6-10-19(23)25)26(20)30(28,29)17-7-4-3-5-8-17/h3-14H,2H2,1H3. The van der Waals surface area contributed by atoms with Gasteiger partial charge in [0.05, 0.1) is 21.7 Å². The van der Waals surface area contributed by atoms with E-state index in [2.05, 4.69) is 0 Å². The molecule has 1 heterocycles. The summed E-state index contributed by atoms with van der Waals surface area (Å²) in [5, 5.41) is 0.395. The largest absolute Gasteiger partial charge is 0.294 e. The zero-order valence-electron chi connectivity index (χ0n) is 16.0. The quantitative estimate of drug-likeness (QED) is 0.402. The number of carbonyl (C=O) groups excluding carboxylic acids is 1. The molecule has 152 valence electrons. The predicted molar refractivity (Wildman–Crippen MR) is 111 cm³/mol. The van der Waals surface area contributed by atoms with Crippen LogP contribution in [-0.2, 0) is 10.0 Å². The van der Waals surface area contributed by atoms with Crippen molar-refractivity contribution >= 4 is 26.7 Å². The molecule has 0 aliphatic heterocycles. The number of aromatic nitrogens is 1. The van der Waals surface area contributed by atoms with Gasteiger partial charge >= 0.3 is 0 Å². The summed E-state index contributed by atoms with van der Waals surface area (Å²) in [6.45, 7) is 1.72. The van der Waals surface area contributed by atoms with E-state index in [1.807, 2.05) is 0 Å². The van der Waals surface area contributed by atoms with Gasteiger partial charge in [-0.25, -0.2) is 21.2 Å². The molecule has 0 fully saturated rings. The normalized spacial score (nSPS) is 11.7. The van der Waals surface area contributed by atoms with E-state index >= 15 is 0 Å². The zero-order chi connectivity index (χ0) is 21.5. The van der Waals surface area contributed by atoms with E-state index in [4.69, 9.17) is 0 Å². The number of benzene rings is 3. The molecule has 0 saturated heterocycles. The van der Waals surface area contributed by atoms with Gasteiger partial charge in [0.25, 0.3) is 10.0 Å². The summed E-state index contributed by atoms with van der Waals surface area (Å²) in [7, 11) is -4.17. The van der Waals surface area contributed by atoms with Crippen molar-refractivity contribution in [1.82, 2.24) is 3.97 Å². The van der Waals surface area contributed by atoms with Gasteiger partial charge in [0.2, 0.25) is 0 Å². The van der Waals surface area contributed by atoms with Crippen LogP contribution in [-0.4, -0.2) is 18.2 Å². The van der Waals surface area contributed by atoms with Gasteiger partial charge < -0.3 is 0 Å². The second-order valence-corrected chi connectivity index (χ2v) is 8.55. The molecule has 30 heavy (non-hydrogen) atoms. The molecule has 0 atom stereocenters. The third-order valence-corrected chi connectivity index (χ3v) is 6.64. The summed E-state index contributed by atoms with van der Waals surface area (Å²) in [6, 6.07) is 16.9. The molecule has 4 rings (SSSR count). The summed E-state index contributed by atoms with van der Waals surface area (Å²) in [6.07, 6.45) is 0.281. The summed E-state index contributed by atoms with van der Waals surface area (Å²) in [5.41, 5.74) is 0.0334. The molecule has 0 spiro atoms. The average molecular weight is 425 g/mol. The van der Waals surface area contributed by atoms with E-state index in [1.54, 1.807) is 31.2 Å². The molecule has 0 bridgehead atoms. The Morgan fingerprint density at radius 3 is 2.20 bits per heavy atom. The fourth-order valence-corrected chi connectivity index (χ4v) is 4.98. The third kappa shape index (κ3) is 3.21. The summed E-state index contributed by atoms with van der Waals surface area (Å²) >= 11 is 0. The van der Waals surface area contributed by atoms with Crippen molar-refractivity contribution in [1.29, 1.82) is 0 Å². The molecule has 0 aliphatic carbocycles. The fourth-order valence-electron chi connectivity index (χ4n) is 3.44. The fraction of sp³-hybridized carbons (Fsp3) is 0.0870. The highest BCUT2D eigenvalue weighted by atomic mass is 32.2. The van der Waals surface area contributed by atoms with Crippen molar-refractivity contribution in [3.63, 3.8) is 0 Å². The zero-order valence-corrected chi connectivity index (χ0v) is 16.8. The molecule has 7 heteroatoms.